The number of hydrogen-bond donors (Lipinski definition) is 1. The SMILES string of the molecule is Cc1cc(C(=O)CSc2nncn2N)c(C)n1C(C)C. The monoisotopic (exact) mass is 293 g/mol. The van der Waals surface area contributed by atoms with Crippen molar-refractivity contribution in [3.63, 3.8) is 0 Å². The van der Waals surface area contributed by atoms with Gasteiger partial charge in [-0.3, -0.25) is 4.79 Å². The zero-order chi connectivity index (χ0) is 14.9. The van der Waals surface area contributed by atoms with Gasteiger partial charge in [-0.2, -0.15) is 0 Å². The van der Waals surface area contributed by atoms with Crippen LogP contribution in [-0.4, -0.2) is 31.0 Å². The van der Waals surface area contributed by atoms with Crippen LogP contribution in [0, 0.1) is 13.8 Å². The minimum absolute atomic E-state index is 0.0815. The fraction of sp³-hybridized carbons (Fsp3) is 0.462. The molecule has 0 radical (unpaired) electrons. The van der Waals surface area contributed by atoms with Crippen molar-refractivity contribution < 1.29 is 4.79 Å². The molecule has 2 N–H and O–H groups in total. The predicted octanol–water partition coefficient (Wildman–Crippen LogP) is 1.97. The average molecular weight is 293 g/mol. The van der Waals surface area contributed by atoms with Crippen molar-refractivity contribution >= 4 is 17.5 Å². The number of aromatic nitrogens is 4. The van der Waals surface area contributed by atoms with Gasteiger partial charge >= 0.3 is 0 Å². The highest BCUT2D eigenvalue weighted by Crippen LogP contribution is 2.22. The fourth-order valence-electron chi connectivity index (χ4n) is 2.40. The average Bonchev–Trinajstić information content (AvgIpc) is 2.90. The van der Waals surface area contributed by atoms with Gasteiger partial charge in [0.2, 0.25) is 5.16 Å². The van der Waals surface area contributed by atoms with E-state index in [9.17, 15) is 4.79 Å². The molecule has 0 atom stereocenters. The molecular formula is C13H19N5OS. The highest BCUT2D eigenvalue weighted by molar-refractivity contribution is 7.99. The summed E-state index contributed by atoms with van der Waals surface area (Å²) in [5.41, 5.74) is 2.89. The molecule has 0 fully saturated rings. The van der Waals surface area contributed by atoms with Crippen LogP contribution in [0.5, 0.6) is 0 Å². The predicted molar refractivity (Wildman–Crippen MR) is 79.5 cm³/mol. The molecule has 0 aliphatic rings. The number of thioether (sulfide) groups is 1. The second kappa shape index (κ2) is 5.70. The van der Waals surface area contributed by atoms with Gasteiger partial charge in [-0.05, 0) is 33.8 Å². The molecule has 0 spiro atoms. The first-order valence-electron chi connectivity index (χ1n) is 6.41. The number of carbonyl (C=O) groups is 1. The Bertz CT molecular complexity index is 629. The molecule has 6 nitrogen and oxygen atoms in total. The lowest BCUT2D eigenvalue weighted by atomic mass is 10.2. The van der Waals surface area contributed by atoms with Gasteiger partial charge in [-0.1, -0.05) is 11.8 Å². The number of carbonyl (C=O) groups excluding carboxylic acids is 1. The normalized spacial score (nSPS) is 11.2. The minimum atomic E-state index is 0.0815. The number of rotatable bonds is 5. The summed E-state index contributed by atoms with van der Waals surface area (Å²) in [7, 11) is 0. The maximum absolute atomic E-state index is 12.3. The van der Waals surface area contributed by atoms with Gasteiger partial charge in [0.05, 0.1) is 5.75 Å². The largest absolute Gasteiger partial charge is 0.346 e. The summed E-state index contributed by atoms with van der Waals surface area (Å²) in [4.78, 5) is 12.3. The lowest BCUT2D eigenvalue weighted by Crippen LogP contribution is -2.11. The number of Topliss-reactive ketones (excluding diaryl/α,β-unsaturated/α-hetero) is 1. The molecule has 0 saturated heterocycles. The Morgan fingerprint density at radius 3 is 2.65 bits per heavy atom. The smallest absolute Gasteiger partial charge is 0.209 e. The standard InChI is InChI=1S/C13H19N5OS/c1-8(2)18-9(3)5-11(10(18)4)12(19)6-20-13-16-15-7-17(13)14/h5,7-8H,6,14H2,1-4H3. The van der Waals surface area contributed by atoms with Crippen LogP contribution in [0.2, 0.25) is 0 Å². The van der Waals surface area contributed by atoms with Crippen molar-refractivity contribution in [3.05, 3.63) is 29.3 Å². The van der Waals surface area contributed by atoms with E-state index in [0.717, 1.165) is 17.0 Å². The van der Waals surface area contributed by atoms with Crippen LogP contribution in [0.1, 0.15) is 41.6 Å². The van der Waals surface area contributed by atoms with Crippen molar-refractivity contribution in [2.75, 3.05) is 11.6 Å². The van der Waals surface area contributed by atoms with Crippen LogP contribution in [0.15, 0.2) is 17.6 Å². The second-order valence-corrected chi connectivity index (χ2v) is 5.92. The Labute approximate surface area is 122 Å². The zero-order valence-electron chi connectivity index (χ0n) is 12.1. The first-order valence-corrected chi connectivity index (χ1v) is 7.40. The third-order valence-corrected chi connectivity index (χ3v) is 4.13. The van der Waals surface area contributed by atoms with Crippen LogP contribution in [0.3, 0.4) is 0 Å². The van der Waals surface area contributed by atoms with Crippen molar-refractivity contribution in [2.45, 2.75) is 38.9 Å². The van der Waals surface area contributed by atoms with Gasteiger partial charge < -0.3 is 10.4 Å². The molecule has 7 heteroatoms. The van der Waals surface area contributed by atoms with Crippen molar-refractivity contribution in [1.29, 1.82) is 0 Å². The van der Waals surface area contributed by atoms with Gasteiger partial charge in [0.25, 0.3) is 0 Å². The molecule has 0 bridgehead atoms. The topological polar surface area (TPSA) is 78.7 Å². The molecule has 0 saturated carbocycles. The molecule has 0 unspecified atom stereocenters. The highest BCUT2D eigenvalue weighted by Gasteiger charge is 2.18. The van der Waals surface area contributed by atoms with Crippen molar-refractivity contribution in [3.8, 4) is 0 Å². The molecule has 2 aromatic rings. The van der Waals surface area contributed by atoms with E-state index in [2.05, 4.69) is 28.6 Å². The van der Waals surface area contributed by atoms with Gasteiger partial charge in [0.15, 0.2) is 5.78 Å². The van der Waals surface area contributed by atoms with Crippen LogP contribution in [0.4, 0.5) is 0 Å². The molecule has 0 aliphatic carbocycles. The molecular weight excluding hydrogens is 274 g/mol. The summed E-state index contributed by atoms with van der Waals surface area (Å²) in [6.07, 6.45) is 1.41. The minimum Gasteiger partial charge on any atom is -0.346 e. The fourth-order valence-corrected chi connectivity index (χ4v) is 3.11. The van der Waals surface area contributed by atoms with E-state index < -0.39 is 0 Å². The summed E-state index contributed by atoms with van der Waals surface area (Å²) >= 11 is 1.29. The molecule has 2 rings (SSSR count). The lowest BCUT2D eigenvalue weighted by Gasteiger charge is -2.13. The number of nitrogen functional groups attached to an aromatic ring is 1. The Morgan fingerprint density at radius 2 is 2.15 bits per heavy atom. The molecule has 108 valence electrons. The summed E-state index contributed by atoms with van der Waals surface area (Å²) in [5.74, 6) is 6.00. The van der Waals surface area contributed by atoms with E-state index >= 15 is 0 Å². The van der Waals surface area contributed by atoms with Gasteiger partial charge in [-0.25, -0.2) is 4.68 Å². The van der Waals surface area contributed by atoms with E-state index in [4.69, 9.17) is 5.84 Å². The maximum Gasteiger partial charge on any atom is 0.209 e. The van der Waals surface area contributed by atoms with E-state index in [-0.39, 0.29) is 5.78 Å². The summed E-state index contributed by atoms with van der Waals surface area (Å²) in [6.45, 7) is 8.23. The van der Waals surface area contributed by atoms with Crippen LogP contribution >= 0.6 is 11.8 Å². The second-order valence-electron chi connectivity index (χ2n) is 4.98. The third-order valence-electron chi connectivity index (χ3n) is 3.17. The molecule has 0 amide bonds. The Kier molecular flexibility index (Phi) is 4.17. The van der Waals surface area contributed by atoms with E-state index in [1.54, 1.807) is 0 Å². The van der Waals surface area contributed by atoms with Crippen molar-refractivity contribution in [2.24, 2.45) is 0 Å². The highest BCUT2D eigenvalue weighted by atomic mass is 32.2. The number of ketones is 1. The molecule has 0 aliphatic heterocycles. The first kappa shape index (κ1) is 14.6. The lowest BCUT2D eigenvalue weighted by molar-refractivity contribution is 0.102. The van der Waals surface area contributed by atoms with Crippen LogP contribution in [-0.2, 0) is 0 Å². The van der Waals surface area contributed by atoms with E-state index in [1.807, 2.05) is 19.9 Å². The number of hydrogen-bond acceptors (Lipinski definition) is 5. The number of aryl methyl sites for hydroxylation is 1. The van der Waals surface area contributed by atoms with Crippen molar-refractivity contribution in [1.82, 2.24) is 19.4 Å². The van der Waals surface area contributed by atoms with E-state index in [0.29, 0.717) is 17.0 Å². The third kappa shape index (κ3) is 2.72. The quantitative estimate of drug-likeness (QED) is 0.518. The van der Waals surface area contributed by atoms with Crippen LogP contribution < -0.4 is 5.84 Å². The van der Waals surface area contributed by atoms with Crippen LogP contribution in [0.25, 0.3) is 0 Å². The number of nitrogens with two attached hydrogens (primary N) is 1. The summed E-state index contributed by atoms with van der Waals surface area (Å²) in [5, 5.41) is 8.07. The zero-order valence-corrected chi connectivity index (χ0v) is 12.9. The summed E-state index contributed by atoms with van der Waals surface area (Å²) in [6, 6.07) is 2.29. The Balaban J connectivity index is 2.14. The molecule has 2 heterocycles. The first-order chi connectivity index (χ1) is 9.41. The Morgan fingerprint density at radius 1 is 1.45 bits per heavy atom. The molecule has 2 aromatic heterocycles. The summed E-state index contributed by atoms with van der Waals surface area (Å²) < 4.78 is 3.48. The molecule has 0 aromatic carbocycles. The van der Waals surface area contributed by atoms with Gasteiger partial charge in [0.1, 0.15) is 6.33 Å². The molecule has 20 heavy (non-hydrogen) atoms. The van der Waals surface area contributed by atoms with Gasteiger partial charge in [0, 0.05) is 23.0 Å². The maximum atomic E-state index is 12.3. The Hall–Kier alpha value is -1.76. The van der Waals surface area contributed by atoms with E-state index in [1.165, 1.54) is 22.8 Å². The van der Waals surface area contributed by atoms with Gasteiger partial charge in [-0.15, -0.1) is 10.2 Å². The number of nitrogens with zero attached hydrogens (tertiary/aromatic N) is 4.